The molecule has 0 heterocycles. The summed E-state index contributed by atoms with van der Waals surface area (Å²) in [6.07, 6.45) is 20.6. The Labute approximate surface area is 234 Å². The molecule has 4 nitrogen and oxygen atoms in total. The van der Waals surface area contributed by atoms with E-state index in [1.54, 1.807) is 0 Å². The van der Waals surface area contributed by atoms with E-state index >= 15 is 0 Å². The van der Waals surface area contributed by atoms with Crippen molar-refractivity contribution in [3.05, 3.63) is 0 Å². The molecular formula is C32H62O4S. The lowest BCUT2D eigenvalue weighted by Crippen LogP contribution is -2.30. The Morgan fingerprint density at radius 3 is 2.14 bits per heavy atom. The van der Waals surface area contributed by atoms with Gasteiger partial charge in [0.25, 0.3) is 0 Å². The molecular weight excluding hydrogens is 480 g/mol. The Balaban J connectivity index is 2.09. The molecule has 0 aromatic rings. The van der Waals surface area contributed by atoms with Gasteiger partial charge in [0.05, 0.1) is 18.3 Å². The summed E-state index contributed by atoms with van der Waals surface area (Å²) in [4.78, 5) is 12.0. The van der Waals surface area contributed by atoms with Gasteiger partial charge in [-0.2, -0.15) is 11.8 Å². The first-order valence-corrected chi connectivity index (χ1v) is 16.8. The van der Waals surface area contributed by atoms with Crippen LogP contribution in [0, 0.1) is 11.3 Å². The van der Waals surface area contributed by atoms with Crippen molar-refractivity contribution in [2.45, 2.75) is 174 Å². The Hall–Kier alpha value is -0.260. The summed E-state index contributed by atoms with van der Waals surface area (Å²) in [6, 6.07) is 0. The van der Waals surface area contributed by atoms with Gasteiger partial charge in [-0.3, -0.25) is 4.79 Å². The first-order chi connectivity index (χ1) is 17.5. The van der Waals surface area contributed by atoms with E-state index in [4.69, 9.17) is 4.74 Å². The quantitative estimate of drug-likeness (QED) is 0.106. The van der Waals surface area contributed by atoms with Crippen LogP contribution >= 0.6 is 11.8 Å². The highest BCUT2D eigenvalue weighted by Gasteiger charge is 2.36. The number of unbranched alkanes of at least 4 members (excludes halogenated alkanes) is 10. The zero-order valence-electron chi connectivity index (χ0n) is 25.2. The van der Waals surface area contributed by atoms with Gasteiger partial charge in [-0.05, 0) is 63.2 Å². The maximum atomic E-state index is 12.0. The van der Waals surface area contributed by atoms with E-state index in [0.29, 0.717) is 29.6 Å². The fraction of sp³-hybridized carbons (Fsp3) is 0.969. The van der Waals surface area contributed by atoms with E-state index in [-0.39, 0.29) is 12.1 Å². The van der Waals surface area contributed by atoms with Crippen LogP contribution in [-0.4, -0.2) is 45.5 Å². The van der Waals surface area contributed by atoms with Crippen molar-refractivity contribution >= 4 is 17.7 Å². The van der Waals surface area contributed by atoms with Crippen LogP contribution in [0.25, 0.3) is 0 Å². The van der Waals surface area contributed by atoms with Crippen molar-refractivity contribution in [2.24, 2.45) is 11.3 Å². The topological polar surface area (TPSA) is 66.8 Å². The Kier molecular flexibility index (Phi) is 18.6. The van der Waals surface area contributed by atoms with Gasteiger partial charge in [0.2, 0.25) is 0 Å². The molecule has 1 aliphatic rings. The van der Waals surface area contributed by atoms with E-state index in [1.807, 2.05) is 18.7 Å². The van der Waals surface area contributed by atoms with Gasteiger partial charge in [0, 0.05) is 17.4 Å². The molecule has 4 unspecified atom stereocenters. The molecule has 0 aliphatic heterocycles. The molecule has 0 saturated heterocycles. The maximum absolute atomic E-state index is 12.0. The number of ether oxygens (including phenoxy) is 1. The van der Waals surface area contributed by atoms with Gasteiger partial charge < -0.3 is 14.9 Å². The lowest BCUT2D eigenvalue weighted by atomic mass is 9.87. The van der Waals surface area contributed by atoms with Crippen LogP contribution in [0.2, 0.25) is 0 Å². The van der Waals surface area contributed by atoms with Crippen LogP contribution in [0.1, 0.15) is 157 Å². The van der Waals surface area contributed by atoms with Crippen LogP contribution in [0.5, 0.6) is 0 Å². The van der Waals surface area contributed by atoms with E-state index in [0.717, 1.165) is 76.4 Å². The average molecular weight is 543 g/mol. The summed E-state index contributed by atoms with van der Waals surface area (Å²) >= 11 is 1.88. The summed E-state index contributed by atoms with van der Waals surface area (Å²) < 4.78 is 5.40. The predicted octanol–water partition coefficient (Wildman–Crippen LogP) is 8.85. The third-order valence-corrected chi connectivity index (χ3v) is 9.70. The molecule has 1 rings (SSSR count). The first kappa shape index (κ1) is 34.8. The maximum Gasteiger partial charge on any atom is 0.305 e. The van der Waals surface area contributed by atoms with E-state index < -0.39 is 5.60 Å². The summed E-state index contributed by atoms with van der Waals surface area (Å²) in [5, 5.41) is 21.8. The Morgan fingerprint density at radius 2 is 1.46 bits per heavy atom. The Bertz CT molecular complexity index is 572. The van der Waals surface area contributed by atoms with Gasteiger partial charge in [-0.25, -0.2) is 0 Å². The molecule has 0 amide bonds. The lowest BCUT2D eigenvalue weighted by molar-refractivity contribution is -0.143. The SMILES string of the molecule is CCCCCCCCCCOC(=O)CCCCCCC1C(O)CCC1SCC(C)(O)CCCC(C)(C)C. The summed E-state index contributed by atoms with van der Waals surface area (Å²) in [5.74, 6) is 1.05. The van der Waals surface area contributed by atoms with Crippen molar-refractivity contribution in [1.29, 1.82) is 0 Å². The average Bonchev–Trinajstić information content (AvgIpc) is 3.17. The summed E-state index contributed by atoms with van der Waals surface area (Å²) in [7, 11) is 0. The normalized spacial score (nSPS) is 21.8. The van der Waals surface area contributed by atoms with Gasteiger partial charge in [0.15, 0.2) is 0 Å². The molecule has 4 atom stereocenters. The number of thioether (sulfide) groups is 1. The largest absolute Gasteiger partial charge is 0.466 e. The van der Waals surface area contributed by atoms with Gasteiger partial charge >= 0.3 is 5.97 Å². The molecule has 37 heavy (non-hydrogen) atoms. The lowest BCUT2D eigenvalue weighted by Gasteiger charge is -2.28. The highest BCUT2D eigenvalue weighted by molar-refractivity contribution is 8.00. The van der Waals surface area contributed by atoms with Crippen molar-refractivity contribution in [3.8, 4) is 0 Å². The third kappa shape index (κ3) is 18.6. The number of hydrogen-bond acceptors (Lipinski definition) is 5. The number of carbonyl (C=O) groups is 1. The highest BCUT2D eigenvalue weighted by atomic mass is 32.2. The summed E-state index contributed by atoms with van der Waals surface area (Å²) in [6.45, 7) is 11.6. The van der Waals surface area contributed by atoms with Crippen molar-refractivity contribution in [3.63, 3.8) is 0 Å². The van der Waals surface area contributed by atoms with Gasteiger partial charge in [-0.15, -0.1) is 0 Å². The molecule has 1 saturated carbocycles. The molecule has 2 N–H and O–H groups in total. The zero-order chi connectivity index (χ0) is 27.6. The molecule has 1 aliphatic carbocycles. The molecule has 0 spiro atoms. The van der Waals surface area contributed by atoms with E-state index in [2.05, 4.69) is 27.7 Å². The second-order valence-corrected chi connectivity index (χ2v) is 14.4. The Morgan fingerprint density at radius 1 is 0.838 bits per heavy atom. The van der Waals surface area contributed by atoms with Crippen molar-refractivity contribution in [1.82, 2.24) is 0 Å². The number of rotatable bonds is 22. The highest BCUT2D eigenvalue weighted by Crippen LogP contribution is 2.40. The van der Waals surface area contributed by atoms with Crippen molar-refractivity contribution in [2.75, 3.05) is 12.4 Å². The fourth-order valence-corrected chi connectivity index (χ4v) is 7.04. The molecule has 0 aromatic carbocycles. The minimum atomic E-state index is -0.628. The van der Waals surface area contributed by atoms with Gasteiger partial charge in [-0.1, -0.05) is 98.3 Å². The molecule has 0 radical (unpaired) electrons. The smallest absolute Gasteiger partial charge is 0.305 e. The minimum absolute atomic E-state index is 0.0415. The predicted molar refractivity (Wildman–Crippen MR) is 160 cm³/mol. The third-order valence-electron chi connectivity index (χ3n) is 7.90. The molecule has 5 heteroatoms. The van der Waals surface area contributed by atoms with E-state index in [1.165, 1.54) is 44.9 Å². The fourth-order valence-electron chi connectivity index (χ4n) is 5.45. The standard InChI is InChI=1S/C32H62O4S/c1-6-7-8-9-10-11-14-17-25-36-30(34)20-16-13-12-15-19-27-28(33)21-22-29(27)37-26-32(5,35)24-18-23-31(2,3)4/h27-29,33,35H,6-26H2,1-5H3. The minimum Gasteiger partial charge on any atom is -0.466 e. The molecule has 1 fully saturated rings. The number of aliphatic hydroxyl groups excluding tert-OH is 1. The number of aliphatic hydroxyl groups is 2. The van der Waals surface area contributed by atoms with Gasteiger partial charge in [0.1, 0.15) is 0 Å². The van der Waals surface area contributed by atoms with Crippen LogP contribution in [-0.2, 0) is 9.53 Å². The van der Waals surface area contributed by atoms with Crippen LogP contribution in [0.3, 0.4) is 0 Å². The number of hydrogen-bond donors (Lipinski definition) is 2. The molecule has 0 bridgehead atoms. The second-order valence-electron chi connectivity index (χ2n) is 13.2. The van der Waals surface area contributed by atoms with Crippen molar-refractivity contribution < 1.29 is 19.7 Å². The molecule has 220 valence electrons. The first-order valence-electron chi connectivity index (χ1n) is 15.7. The van der Waals surface area contributed by atoms with Crippen LogP contribution in [0.15, 0.2) is 0 Å². The zero-order valence-corrected chi connectivity index (χ0v) is 26.0. The van der Waals surface area contributed by atoms with Crippen LogP contribution in [0.4, 0.5) is 0 Å². The summed E-state index contributed by atoms with van der Waals surface area (Å²) in [5.41, 5.74) is -0.312. The second kappa shape index (κ2) is 19.7. The van der Waals surface area contributed by atoms with E-state index in [9.17, 15) is 15.0 Å². The van der Waals surface area contributed by atoms with Crippen LogP contribution < -0.4 is 0 Å². The number of carbonyl (C=O) groups excluding carboxylic acids is 1. The monoisotopic (exact) mass is 542 g/mol. The molecule has 0 aromatic heterocycles. The number of esters is 1.